The van der Waals surface area contributed by atoms with Gasteiger partial charge in [0.25, 0.3) is 0 Å². The van der Waals surface area contributed by atoms with Gasteiger partial charge in [-0.05, 0) is 36.3 Å². The summed E-state index contributed by atoms with van der Waals surface area (Å²) in [6.45, 7) is 3.27. The number of Topliss-reactive ketones (excluding diaryl/α,β-unsaturated/α-hetero) is 1. The monoisotopic (exact) mass is 451 g/mol. The van der Waals surface area contributed by atoms with E-state index >= 15 is 0 Å². The summed E-state index contributed by atoms with van der Waals surface area (Å²) in [6, 6.07) is 24.2. The van der Waals surface area contributed by atoms with Crippen LogP contribution in [0, 0.1) is 6.92 Å². The number of likely N-dealkylation sites (tertiary alicyclic amines) is 1. The van der Waals surface area contributed by atoms with Crippen LogP contribution in [0.25, 0.3) is 17.2 Å². The van der Waals surface area contributed by atoms with Crippen molar-refractivity contribution in [3.63, 3.8) is 0 Å². The fourth-order valence-corrected chi connectivity index (χ4v) is 4.74. The van der Waals surface area contributed by atoms with Crippen LogP contribution >= 0.6 is 0 Å². The molecule has 0 atom stereocenters. The number of ketones is 1. The minimum atomic E-state index is -0.365. The topological polar surface area (TPSA) is 46.6 Å². The molecule has 0 unspecified atom stereocenters. The van der Waals surface area contributed by atoms with E-state index in [0.717, 1.165) is 29.7 Å². The molecule has 0 aromatic heterocycles. The highest BCUT2D eigenvalue weighted by molar-refractivity contribution is 5.98. The van der Waals surface area contributed by atoms with E-state index in [1.165, 1.54) is 11.1 Å². The van der Waals surface area contributed by atoms with Gasteiger partial charge in [-0.25, -0.2) is 0 Å². The van der Waals surface area contributed by atoms with E-state index in [-0.39, 0.29) is 30.1 Å². The van der Waals surface area contributed by atoms with E-state index in [9.17, 15) is 9.59 Å². The normalized spacial score (nSPS) is 16.1. The Morgan fingerprint density at radius 2 is 1.62 bits per heavy atom. The molecular weight excluding hydrogens is 422 g/mol. The maximum atomic E-state index is 12.7. The summed E-state index contributed by atoms with van der Waals surface area (Å²) >= 11 is 0. The first-order valence-corrected chi connectivity index (χ1v) is 12.0. The van der Waals surface area contributed by atoms with E-state index < -0.39 is 0 Å². The second-order valence-electron chi connectivity index (χ2n) is 9.29. The molecule has 2 heterocycles. The van der Waals surface area contributed by atoms with Crippen LogP contribution in [0.5, 0.6) is 5.75 Å². The Bertz CT molecular complexity index is 1220. The van der Waals surface area contributed by atoms with E-state index in [1.807, 2.05) is 54.3 Å². The highest BCUT2D eigenvalue weighted by Gasteiger charge is 2.37. The molecule has 0 bridgehead atoms. The Hall–Kier alpha value is -3.66. The molecule has 4 heteroatoms. The Morgan fingerprint density at radius 3 is 2.35 bits per heavy atom. The summed E-state index contributed by atoms with van der Waals surface area (Å²) in [7, 11) is 0. The standard InChI is InChI=1S/C30H29NO3/c1-22-7-9-24(10-8-22)27(32)12-14-29(33)31-19-17-30(18-20-31)16-15-26-21-25(11-13-28(26)34-30)23-5-3-2-4-6-23/h2-11,13,15-16,21H,12,14,17-20H2,1H3. The predicted octanol–water partition coefficient (Wildman–Crippen LogP) is 6.09. The predicted molar refractivity (Wildman–Crippen MR) is 135 cm³/mol. The molecule has 1 fully saturated rings. The molecule has 3 aromatic carbocycles. The van der Waals surface area contributed by atoms with Crippen LogP contribution in [-0.4, -0.2) is 35.3 Å². The molecule has 1 spiro atoms. The fraction of sp³-hybridized carbons (Fsp3) is 0.267. The van der Waals surface area contributed by atoms with Crippen molar-refractivity contribution in [3.05, 3.63) is 95.6 Å². The van der Waals surface area contributed by atoms with Crippen molar-refractivity contribution in [1.29, 1.82) is 0 Å². The quantitative estimate of drug-likeness (QED) is 0.441. The minimum Gasteiger partial charge on any atom is -0.482 e. The van der Waals surface area contributed by atoms with Crippen LogP contribution in [0.3, 0.4) is 0 Å². The number of carbonyl (C=O) groups excluding carboxylic acids is 2. The number of fused-ring (bicyclic) bond motifs is 1. The Balaban J connectivity index is 1.17. The fourth-order valence-electron chi connectivity index (χ4n) is 4.74. The summed E-state index contributed by atoms with van der Waals surface area (Å²) in [5, 5.41) is 0. The molecule has 0 aliphatic carbocycles. The molecule has 5 rings (SSSR count). The third-order valence-corrected chi connectivity index (χ3v) is 6.90. The maximum Gasteiger partial charge on any atom is 0.223 e. The third-order valence-electron chi connectivity index (χ3n) is 6.90. The molecular formula is C30H29NO3. The number of ether oxygens (including phenoxy) is 1. The average molecular weight is 452 g/mol. The number of benzene rings is 3. The van der Waals surface area contributed by atoms with Gasteiger partial charge in [-0.3, -0.25) is 9.59 Å². The maximum absolute atomic E-state index is 12.7. The second kappa shape index (κ2) is 9.30. The summed E-state index contributed by atoms with van der Waals surface area (Å²) in [5.41, 5.74) is 4.87. The lowest BCUT2D eigenvalue weighted by Gasteiger charge is -2.42. The molecule has 4 nitrogen and oxygen atoms in total. The van der Waals surface area contributed by atoms with Crippen LogP contribution in [0.4, 0.5) is 0 Å². The number of hydrogen-bond donors (Lipinski definition) is 0. The Morgan fingerprint density at radius 1 is 0.882 bits per heavy atom. The smallest absolute Gasteiger partial charge is 0.223 e. The lowest BCUT2D eigenvalue weighted by atomic mass is 9.87. The SMILES string of the molecule is Cc1ccc(C(=O)CCC(=O)N2CCC3(C=Cc4cc(-c5ccccc5)ccc4O3)CC2)cc1. The van der Waals surface area contributed by atoms with Gasteiger partial charge in [-0.1, -0.05) is 72.3 Å². The molecule has 1 saturated heterocycles. The van der Waals surface area contributed by atoms with Crippen LogP contribution in [0.15, 0.2) is 78.9 Å². The number of hydrogen-bond acceptors (Lipinski definition) is 3. The van der Waals surface area contributed by atoms with Gasteiger partial charge >= 0.3 is 0 Å². The number of amides is 1. The van der Waals surface area contributed by atoms with Gasteiger partial charge in [0, 0.05) is 49.9 Å². The third kappa shape index (κ3) is 4.67. The van der Waals surface area contributed by atoms with Gasteiger partial charge in [-0.2, -0.15) is 0 Å². The zero-order valence-corrected chi connectivity index (χ0v) is 19.5. The summed E-state index contributed by atoms with van der Waals surface area (Å²) in [6.07, 6.45) is 6.32. The molecule has 172 valence electrons. The first-order chi connectivity index (χ1) is 16.5. The van der Waals surface area contributed by atoms with Crippen LogP contribution in [-0.2, 0) is 4.79 Å². The number of piperidine rings is 1. The Kier molecular flexibility index (Phi) is 6.06. The molecule has 0 saturated carbocycles. The summed E-state index contributed by atoms with van der Waals surface area (Å²) in [5.74, 6) is 0.959. The van der Waals surface area contributed by atoms with E-state index in [2.05, 4.69) is 42.5 Å². The largest absolute Gasteiger partial charge is 0.482 e. The van der Waals surface area contributed by atoms with Gasteiger partial charge < -0.3 is 9.64 Å². The first-order valence-electron chi connectivity index (χ1n) is 12.0. The second-order valence-corrected chi connectivity index (χ2v) is 9.29. The van der Waals surface area contributed by atoms with E-state index in [1.54, 1.807) is 0 Å². The number of nitrogens with zero attached hydrogens (tertiary/aromatic N) is 1. The van der Waals surface area contributed by atoms with E-state index in [4.69, 9.17) is 4.74 Å². The lowest BCUT2D eigenvalue weighted by Crippen LogP contribution is -2.49. The lowest BCUT2D eigenvalue weighted by molar-refractivity contribution is -0.133. The minimum absolute atomic E-state index is 0.0202. The summed E-state index contributed by atoms with van der Waals surface area (Å²) in [4.78, 5) is 27.0. The van der Waals surface area contributed by atoms with Crippen molar-refractivity contribution in [2.24, 2.45) is 0 Å². The number of carbonyl (C=O) groups is 2. The van der Waals surface area contributed by atoms with Crippen molar-refractivity contribution in [1.82, 2.24) is 4.90 Å². The Labute approximate surface area is 200 Å². The molecule has 0 N–H and O–H groups in total. The van der Waals surface area contributed by atoms with Crippen molar-refractivity contribution in [2.75, 3.05) is 13.1 Å². The molecule has 3 aromatic rings. The average Bonchev–Trinajstić information content (AvgIpc) is 2.88. The molecule has 2 aliphatic rings. The van der Waals surface area contributed by atoms with E-state index in [0.29, 0.717) is 18.7 Å². The van der Waals surface area contributed by atoms with Gasteiger partial charge in [0.15, 0.2) is 5.78 Å². The molecule has 2 aliphatic heterocycles. The van der Waals surface area contributed by atoms with Crippen molar-refractivity contribution >= 4 is 17.8 Å². The van der Waals surface area contributed by atoms with Crippen molar-refractivity contribution < 1.29 is 14.3 Å². The van der Waals surface area contributed by atoms with Gasteiger partial charge in [0.05, 0.1) is 0 Å². The van der Waals surface area contributed by atoms with Gasteiger partial charge in [-0.15, -0.1) is 0 Å². The molecule has 1 amide bonds. The zero-order chi connectivity index (χ0) is 23.5. The zero-order valence-electron chi connectivity index (χ0n) is 19.5. The van der Waals surface area contributed by atoms with Crippen molar-refractivity contribution in [2.45, 2.75) is 38.2 Å². The van der Waals surface area contributed by atoms with Crippen molar-refractivity contribution in [3.8, 4) is 16.9 Å². The molecule has 0 radical (unpaired) electrons. The number of aryl methyl sites for hydroxylation is 1. The van der Waals surface area contributed by atoms with Crippen LogP contribution < -0.4 is 4.74 Å². The highest BCUT2D eigenvalue weighted by Crippen LogP contribution is 2.38. The van der Waals surface area contributed by atoms with Crippen LogP contribution in [0.2, 0.25) is 0 Å². The van der Waals surface area contributed by atoms with Gasteiger partial charge in [0.1, 0.15) is 11.4 Å². The number of rotatable bonds is 5. The highest BCUT2D eigenvalue weighted by atomic mass is 16.5. The molecule has 34 heavy (non-hydrogen) atoms. The first kappa shape index (κ1) is 22.1. The van der Waals surface area contributed by atoms with Gasteiger partial charge in [0.2, 0.25) is 5.91 Å². The summed E-state index contributed by atoms with van der Waals surface area (Å²) < 4.78 is 6.47. The van der Waals surface area contributed by atoms with Crippen LogP contribution in [0.1, 0.15) is 47.2 Å².